The molecule has 0 spiro atoms. The average Bonchev–Trinajstić information content (AvgIpc) is 0. The molecule has 0 aromatic rings. The second kappa shape index (κ2) is 36.9. The minimum Gasteiger partial charge on any atom is -2.00 e. The van der Waals surface area contributed by atoms with Gasteiger partial charge in [0.2, 0.25) is 0 Å². The first-order valence-corrected chi connectivity index (χ1v) is 0. The zero-order valence-electron chi connectivity index (χ0n) is 3.29. The van der Waals surface area contributed by atoms with E-state index in [1.165, 1.54) is 0 Å². The molecule has 0 amide bonds. The van der Waals surface area contributed by atoms with Crippen molar-refractivity contribution in [2.24, 2.45) is 0 Å². The van der Waals surface area contributed by atoms with Crippen molar-refractivity contribution in [2.75, 3.05) is 0 Å². The fourth-order valence-corrected chi connectivity index (χ4v) is 0. The van der Waals surface area contributed by atoms with Crippen LogP contribution in [0.4, 0.5) is 0 Å². The maximum absolute atomic E-state index is 0. The van der Waals surface area contributed by atoms with E-state index in [1.807, 2.05) is 0 Å². The molecule has 0 atom stereocenters. The van der Waals surface area contributed by atoms with Gasteiger partial charge in [0.15, 0.2) is 0 Å². The summed E-state index contributed by atoms with van der Waals surface area (Å²) < 4.78 is 0. The van der Waals surface area contributed by atoms with E-state index in [1.54, 1.807) is 0 Å². The van der Waals surface area contributed by atoms with Crippen molar-refractivity contribution < 1.29 is 30.3 Å². The Kier molecular flexibility index (Phi) is 322. The molecule has 0 aliphatic rings. The predicted octanol–water partition coefficient (Wildman–Crippen LogP) is -7.25. The minimum absolute atomic E-state index is 0. The Labute approximate surface area is 126 Å². The van der Waals surface area contributed by atoms with Gasteiger partial charge in [0.25, 0.3) is 0 Å². The van der Waals surface area contributed by atoms with E-state index < -0.39 is 0 Å². The standard InChI is InChI=1S/2Ca.2ClH.Mg.O/h;;2*1H;;/q2*+2;;;+2;-2/p-2. The van der Waals surface area contributed by atoms with Crippen LogP contribution in [0, 0.1) is 0 Å². The summed E-state index contributed by atoms with van der Waals surface area (Å²) in [6.45, 7) is 0. The molecule has 0 aromatic carbocycles. The van der Waals surface area contributed by atoms with Crippen LogP contribution in [0.5, 0.6) is 0 Å². The molecule has 0 saturated carbocycles. The summed E-state index contributed by atoms with van der Waals surface area (Å²) in [5.74, 6) is 0. The van der Waals surface area contributed by atoms with Crippen molar-refractivity contribution in [2.45, 2.75) is 0 Å². The predicted molar refractivity (Wildman–Crippen MR) is 17.9 cm³/mol. The van der Waals surface area contributed by atoms with E-state index in [2.05, 4.69) is 0 Å². The van der Waals surface area contributed by atoms with Gasteiger partial charge in [-0.2, -0.15) is 0 Å². The van der Waals surface area contributed by atoms with E-state index in [0.717, 1.165) is 0 Å². The van der Waals surface area contributed by atoms with Gasteiger partial charge in [-0.05, 0) is 0 Å². The molecule has 0 fully saturated rings. The van der Waals surface area contributed by atoms with E-state index in [-0.39, 0.29) is 129 Å². The van der Waals surface area contributed by atoms with Crippen molar-refractivity contribution in [1.82, 2.24) is 0 Å². The largest absolute Gasteiger partial charge is 2.00 e. The van der Waals surface area contributed by atoms with Crippen LogP contribution in [0.2, 0.25) is 0 Å². The van der Waals surface area contributed by atoms with Crippen LogP contribution in [0.15, 0.2) is 0 Å². The molecule has 6 heteroatoms. The zero-order valence-corrected chi connectivity index (χ0v) is 10.6. The summed E-state index contributed by atoms with van der Waals surface area (Å²) in [6.07, 6.45) is 0. The van der Waals surface area contributed by atoms with Crippen molar-refractivity contribution in [1.29, 1.82) is 0 Å². The van der Waals surface area contributed by atoms with Crippen molar-refractivity contribution in [3.05, 3.63) is 0 Å². The summed E-state index contributed by atoms with van der Waals surface area (Å²) in [7, 11) is 0. The SMILES string of the molecule is [Ca+2].[Ca+2].[Cl-].[Cl-].[Mg+2].[O-2]. The molecular formula is Ca2Cl2MgO+2. The summed E-state index contributed by atoms with van der Waals surface area (Å²) in [4.78, 5) is 0. The maximum Gasteiger partial charge on any atom is 2.00 e. The maximum atomic E-state index is 0. The normalized spacial score (nSPS) is 0. The minimum atomic E-state index is 0. The number of halogens is 2. The first-order chi connectivity index (χ1) is 0. The second-order valence-corrected chi connectivity index (χ2v) is 0. The second-order valence-electron chi connectivity index (χ2n) is 0. The number of hydrogen-bond acceptors (Lipinski definition) is 0. The van der Waals surface area contributed by atoms with Crippen LogP contribution >= 0.6 is 0 Å². The van der Waals surface area contributed by atoms with E-state index in [4.69, 9.17) is 0 Å². The van der Waals surface area contributed by atoms with Gasteiger partial charge in [0.05, 0.1) is 0 Å². The van der Waals surface area contributed by atoms with Gasteiger partial charge in [-0.25, -0.2) is 0 Å². The van der Waals surface area contributed by atoms with Crippen molar-refractivity contribution >= 4 is 98.5 Å². The molecule has 6 heavy (non-hydrogen) atoms. The summed E-state index contributed by atoms with van der Waals surface area (Å²) in [6, 6.07) is 0. The molecular weight excluding hydrogens is 191 g/mol. The van der Waals surface area contributed by atoms with E-state index >= 15 is 0 Å². The van der Waals surface area contributed by atoms with Crippen LogP contribution in [0.1, 0.15) is 0 Å². The molecule has 0 saturated heterocycles. The van der Waals surface area contributed by atoms with Crippen LogP contribution in [0.25, 0.3) is 0 Å². The van der Waals surface area contributed by atoms with Gasteiger partial charge in [0, 0.05) is 0 Å². The van der Waals surface area contributed by atoms with Gasteiger partial charge in [-0.15, -0.1) is 0 Å². The first-order valence-electron chi connectivity index (χ1n) is 0. The Morgan fingerprint density at radius 2 is 0.667 bits per heavy atom. The van der Waals surface area contributed by atoms with Crippen LogP contribution < -0.4 is 24.8 Å². The fourth-order valence-electron chi connectivity index (χ4n) is 0. The van der Waals surface area contributed by atoms with Crippen molar-refractivity contribution in [3.63, 3.8) is 0 Å². The first kappa shape index (κ1) is 52.3. The molecule has 1 nitrogen and oxygen atoms in total. The van der Waals surface area contributed by atoms with E-state index in [9.17, 15) is 0 Å². The molecule has 0 aliphatic heterocycles. The van der Waals surface area contributed by atoms with Gasteiger partial charge in [-0.3, -0.25) is 0 Å². The third-order valence-electron chi connectivity index (χ3n) is 0. The zero-order chi connectivity index (χ0) is 0. The third-order valence-corrected chi connectivity index (χ3v) is 0. The molecule has 0 N–H and O–H groups in total. The average molecular weight is 191 g/mol. The molecule has 0 rings (SSSR count). The monoisotopic (exact) mass is 190 g/mol. The quantitative estimate of drug-likeness (QED) is 0.341. The molecule has 0 radical (unpaired) electrons. The fraction of sp³-hybridized carbons (Fsp3) is 0. The number of hydrogen-bond donors (Lipinski definition) is 0. The Morgan fingerprint density at radius 1 is 0.667 bits per heavy atom. The van der Waals surface area contributed by atoms with E-state index in [0.29, 0.717) is 0 Å². The molecule has 24 valence electrons. The smallest absolute Gasteiger partial charge is 2.00 e. The Bertz CT molecular complexity index is 11.5. The molecule has 0 aromatic heterocycles. The van der Waals surface area contributed by atoms with Gasteiger partial charge in [0.1, 0.15) is 0 Å². The van der Waals surface area contributed by atoms with Crippen LogP contribution in [-0.4, -0.2) is 98.5 Å². The van der Waals surface area contributed by atoms with Gasteiger partial charge >= 0.3 is 98.5 Å². The molecule has 0 unspecified atom stereocenters. The van der Waals surface area contributed by atoms with Gasteiger partial charge < -0.3 is 30.3 Å². The topological polar surface area (TPSA) is 28.5 Å². The summed E-state index contributed by atoms with van der Waals surface area (Å²) in [5, 5.41) is 0. The summed E-state index contributed by atoms with van der Waals surface area (Å²) >= 11 is 0. The number of rotatable bonds is 0. The van der Waals surface area contributed by atoms with Crippen LogP contribution in [-0.2, 0) is 5.48 Å². The molecule has 0 aliphatic carbocycles. The van der Waals surface area contributed by atoms with Crippen molar-refractivity contribution in [3.8, 4) is 0 Å². The molecule has 0 heterocycles. The molecule has 0 bridgehead atoms. The third kappa shape index (κ3) is 24.9. The van der Waals surface area contributed by atoms with Gasteiger partial charge in [-0.1, -0.05) is 0 Å². The summed E-state index contributed by atoms with van der Waals surface area (Å²) in [5.41, 5.74) is 0. The Balaban J connectivity index is 0. The Hall–Kier alpha value is 3.83. The van der Waals surface area contributed by atoms with Crippen LogP contribution in [0.3, 0.4) is 0 Å². The Morgan fingerprint density at radius 3 is 0.667 bits per heavy atom.